The van der Waals surface area contributed by atoms with E-state index in [1.54, 1.807) is 19.1 Å². The van der Waals surface area contributed by atoms with E-state index in [2.05, 4.69) is 10.4 Å². The first kappa shape index (κ1) is 15.2. The SMILES string of the molecule is Cc1ccc(C(=O)NCCc2c(C)nn(C)c2C)cc1F. The minimum absolute atomic E-state index is 0.256. The standard InChI is InChI=1S/C16H20FN3O/c1-10-5-6-13(9-15(10)17)16(21)18-8-7-14-11(2)19-20(4)12(14)3/h5-6,9H,7-8H2,1-4H3,(H,18,21). The number of hydrogen-bond acceptors (Lipinski definition) is 2. The topological polar surface area (TPSA) is 46.9 Å². The summed E-state index contributed by atoms with van der Waals surface area (Å²) in [6.07, 6.45) is 0.714. The molecule has 5 heteroatoms. The van der Waals surface area contributed by atoms with Crippen molar-refractivity contribution >= 4 is 5.91 Å². The Hall–Kier alpha value is -2.17. The number of rotatable bonds is 4. The lowest BCUT2D eigenvalue weighted by molar-refractivity contribution is 0.0953. The summed E-state index contributed by atoms with van der Waals surface area (Å²) in [5.74, 6) is -0.616. The van der Waals surface area contributed by atoms with Crippen molar-refractivity contribution in [2.24, 2.45) is 7.05 Å². The van der Waals surface area contributed by atoms with E-state index in [9.17, 15) is 9.18 Å². The van der Waals surface area contributed by atoms with Gasteiger partial charge in [-0.2, -0.15) is 5.10 Å². The maximum atomic E-state index is 13.4. The minimum Gasteiger partial charge on any atom is -0.352 e. The van der Waals surface area contributed by atoms with Gasteiger partial charge in [-0.15, -0.1) is 0 Å². The second-order valence-electron chi connectivity index (χ2n) is 5.24. The Kier molecular flexibility index (Phi) is 4.40. The molecule has 0 bridgehead atoms. The van der Waals surface area contributed by atoms with Gasteiger partial charge in [0.15, 0.2) is 0 Å². The zero-order valence-electron chi connectivity index (χ0n) is 12.8. The van der Waals surface area contributed by atoms with Crippen LogP contribution in [0.2, 0.25) is 0 Å². The monoisotopic (exact) mass is 289 g/mol. The van der Waals surface area contributed by atoms with Crippen molar-refractivity contribution in [1.29, 1.82) is 0 Å². The van der Waals surface area contributed by atoms with Crippen LogP contribution in [0, 0.1) is 26.6 Å². The number of aromatic nitrogens is 2. The lowest BCUT2D eigenvalue weighted by atomic mass is 10.1. The van der Waals surface area contributed by atoms with Gasteiger partial charge in [0.1, 0.15) is 5.82 Å². The number of hydrogen-bond donors (Lipinski definition) is 1. The summed E-state index contributed by atoms with van der Waals surface area (Å²) in [6.45, 7) is 6.14. The third-order valence-corrected chi connectivity index (χ3v) is 3.75. The molecule has 1 N–H and O–H groups in total. The largest absolute Gasteiger partial charge is 0.352 e. The van der Waals surface area contributed by atoms with Gasteiger partial charge >= 0.3 is 0 Å². The van der Waals surface area contributed by atoms with Crippen LogP contribution in [0.1, 0.15) is 32.9 Å². The van der Waals surface area contributed by atoms with E-state index in [0.717, 1.165) is 17.0 Å². The van der Waals surface area contributed by atoms with Crippen molar-refractivity contribution in [2.75, 3.05) is 6.54 Å². The predicted molar refractivity (Wildman–Crippen MR) is 79.9 cm³/mol. The van der Waals surface area contributed by atoms with Crippen LogP contribution in [0.3, 0.4) is 0 Å². The Labute approximate surface area is 124 Å². The summed E-state index contributed by atoms with van der Waals surface area (Å²) in [6, 6.07) is 4.51. The number of nitrogens with zero attached hydrogens (tertiary/aromatic N) is 2. The van der Waals surface area contributed by atoms with Crippen molar-refractivity contribution in [1.82, 2.24) is 15.1 Å². The molecule has 0 aliphatic carbocycles. The molecule has 2 aromatic rings. The summed E-state index contributed by atoms with van der Waals surface area (Å²) >= 11 is 0. The second kappa shape index (κ2) is 6.08. The first-order chi connectivity index (χ1) is 9.90. The van der Waals surface area contributed by atoms with E-state index in [-0.39, 0.29) is 11.7 Å². The van der Waals surface area contributed by atoms with Crippen molar-refractivity contribution in [3.63, 3.8) is 0 Å². The van der Waals surface area contributed by atoms with Gasteiger partial charge in [0.25, 0.3) is 5.91 Å². The quantitative estimate of drug-likeness (QED) is 0.940. The van der Waals surface area contributed by atoms with Gasteiger partial charge in [0.2, 0.25) is 0 Å². The van der Waals surface area contributed by atoms with Gasteiger partial charge in [0.05, 0.1) is 5.69 Å². The Bertz CT molecular complexity index is 676. The average molecular weight is 289 g/mol. The third kappa shape index (κ3) is 3.29. The lowest BCUT2D eigenvalue weighted by Gasteiger charge is -2.07. The van der Waals surface area contributed by atoms with Gasteiger partial charge < -0.3 is 5.32 Å². The van der Waals surface area contributed by atoms with Gasteiger partial charge in [-0.3, -0.25) is 9.48 Å². The molecule has 0 unspecified atom stereocenters. The molecule has 1 amide bonds. The van der Waals surface area contributed by atoms with Gasteiger partial charge in [0, 0.05) is 24.8 Å². The molecule has 1 aromatic carbocycles. The molecule has 0 saturated heterocycles. The molecular weight excluding hydrogens is 269 g/mol. The van der Waals surface area contributed by atoms with Crippen LogP contribution in [0.25, 0.3) is 0 Å². The normalized spacial score (nSPS) is 10.7. The summed E-state index contributed by atoms with van der Waals surface area (Å²) in [7, 11) is 1.90. The highest BCUT2D eigenvalue weighted by atomic mass is 19.1. The number of benzene rings is 1. The fourth-order valence-corrected chi connectivity index (χ4v) is 2.32. The van der Waals surface area contributed by atoms with E-state index < -0.39 is 0 Å². The van der Waals surface area contributed by atoms with E-state index >= 15 is 0 Å². The average Bonchev–Trinajstić information content (AvgIpc) is 2.68. The molecule has 0 spiro atoms. The van der Waals surface area contributed by atoms with E-state index in [1.165, 1.54) is 6.07 Å². The fraction of sp³-hybridized carbons (Fsp3) is 0.375. The molecule has 0 radical (unpaired) electrons. The van der Waals surface area contributed by atoms with Crippen LogP contribution in [0.5, 0.6) is 0 Å². The zero-order valence-corrected chi connectivity index (χ0v) is 12.8. The first-order valence-electron chi connectivity index (χ1n) is 6.93. The summed E-state index contributed by atoms with van der Waals surface area (Å²) in [4.78, 5) is 12.0. The second-order valence-corrected chi connectivity index (χ2v) is 5.24. The Balaban J connectivity index is 1.97. The highest BCUT2D eigenvalue weighted by Gasteiger charge is 2.11. The maximum Gasteiger partial charge on any atom is 0.251 e. The molecule has 0 aliphatic heterocycles. The van der Waals surface area contributed by atoms with E-state index in [4.69, 9.17) is 0 Å². The summed E-state index contributed by atoms with van der Waals surface area (Å²) in [5, 5.41) is 7.16. The van der Waals surface area contributed by atoms with Crippen LogP contribution in [-0.4, -0.2) is 22.2 Å². The van der Waals surface area contributed by atoms with Gasteiger partial charge in [-0.1, -0.05) is 6.07 Å². The molecule has 0 aliphatic rings. The first-order valence-corrected chi connectivity index (χ1v) is 6.93. The van der Waals surface area contributed by atoms with E-state index in [0.29, 0.717) is 24.1 Å². The predicted octanol–water partition coefficient (Wildman–Crippen LogP) is 2.46. The Morgan fingerprint density at radius 1 is 1.33 bits per heavy atom. The van der Waals surface area contributed by atoms with Crippen molar-refractivity contribution in [3.8, 4) is 0 Å². The molecule has 112 valence electrons. The Morgan fingerprint density at radius 2 is 2.05 bits per heavy atom. The molecular formula is C16H20FN3O. The summed E-state index contributed by atoms with van der Waals surface area (Å²) < 4.78 is 15.3. The highest BCUT2D eigenvalue weighted by molar-refractivity contribution is 5.94. The molecule has 1 aromatic heterocycles. The van der Waals surface area contributed by atoms with Crippen molar-refractivity contribution < 1.29 is 9.18 Å². The minimum atomic E-state index is -0.360. The van der Waals surface area contributed by atoms with Crippen LogP contribution in [-0.2, 0) is 13.5 Å². The Morgan fingerprint density at radius 3 is 2.62 bits per heavy atom. The molecule has 1 heterocycles. The smallest absolute Gasteiger partial charge is 0.251 e. The zero-order chi connectivity index (χ0) is 15.6. The van der Waals surface area contributed by atoms with E-state index in [1.807, 2.05) is 25.6 Å². The molecule has 0 fully saturated rings. The van der Waals surface area contributed by atoms with Crippen molar-refractivity contribution in [3.05, 3.63) is 52.1 Å². The molecule has 4 nitrogen and oxygen atoms in total. The van der Waals surface area contributed by atoms with Crippen LogP contribution in [0.15, 0.2) is 18.2 Å². The third-order valence-electron chi connectivity index (χ3n) is 3.75. The van der Waals surface area contributed by atoms with Crippen LogP contribution in [0.4, 0.5) is 4.39 Å². The van der Waals surface area contributed by atoms with Gasteiger partial charge in [-0.05, 0) is 50.5 Å². The maximum absolute atomic E-state index is 13.4. The van der Waals surface area contributed by atoms with Crippen molar-refractivity contribution in [2.45, 2.75) is 27.2 Å². The number of nitrogens with one attached hydrogen (secondary N) is 1. The van der Waals surface area contributed by atoms with Crippen LogP contribution >= 0.6 is 0 Å². The van der Waals surface area contributed by atoms with Gasteiger partial charge in [-0.25, -0.2) is 4.39 Å². The molecule has 2 rings (SSSR count). The number of carbonyl (C=O) groups is 1. The number of aryl methyl sites for hydroxylation is 3. The molecule has 21 heavy (non-hydrogen) atoms. The number of amides is 1. The number of carbonyl (C=O) groups excluding carboxylic acids is 1. The summed E-state index contributed by atoms with van der Waals surface area (Å²) in [5.41, 5.74) is 4.10. The fourth-order valence-electron chi connectivity index (χ4n) is 2.32. The highest BCUT2D eigenvalue weighted by Crippen LogP contribution is 2.12. The number of halogens is 1. The van der Waals surface area contributed by atoms with Crippen LogP contribution < -0.4 is 5.32 Å². The molecule has 0 atom stereocenters. The molecule has 0 saturated carbocycles. The lowest BCUT2D eigenvalue weighted by Crippen LogP contribution is -2.26.